The minimum absolute atomic E-state index is 0.152. The van der Waals surface area contributed by atoms with Gasteiger partial charge in [0.15, 0.2) is 5.79 Å². The summed E-state index contributed by atoms with van der Waals surface area (Å²) in [6.45, 7) is 3.99. The quantitative estimate of drug-likeness (QED) is 0.486. The molecule has 0 spiro atoms. The van der Waals surface area contributed by atoms with E-state index in [0.29, 0.717) is 28.5 Å². The minimum atomic E-state index is -4.42. The third-order valence-corrected chi connectivity index (χ3v) is 6.86. The summed E-state index contributed by atoms with van der Waals surface area (Å²) < 4.78 is 51.2. The van der Waals surface area contributed by atoms with E-state index >= 15 is 0 Å². The molecule has 182 valence electrons. The van der Waals surface area contributed by atoms with Gasteiger partial charge in [-0.15, -0.1) is 11.3 Å². The number of alkyl halides is 3. The van der Waals surface area contributed by atoms with Gasteiger partial charge in [0.25, 0.3) is 0 Å². The second-order valence-electron chi connectivity index (χ2n) is 8.93. The topological polar surface area (TPSA) is 101 Å². The summed E-state index contributed by atoms with van der Waals surface area (Å²) in [7, 11) is 0. The Morgan fingerprint density at radius 1 is 1.15 bits per heavy atom. The fourth-order valence-electron chi connectivity index (χ4n) is 4.44. The van der Waals surface area contributed by atoms with E-state index in [2.05, 4.69) is 20.6 Å². The van der Waals surface area contributed by atoms with Crippen molar-refractivity contribution < 1.29 is 27.8 Å². The maximum absolute atomic E-state index is 12.8. The predicted molar refractivity (Wildman–Crippen MR) is 122 cm³/mol. The Balaban J connectivity index is 1.53. The number of nitrogens with one attached hydrogen (secondary N) is 2. The molecule has 2 fully saturated rings. The average molecular weight is 496 g/mol. The number of para-hydroxylation sites is 1. The maximum atomic E-state index is 12.8. The van der Waals surface area contributed by atoms with Crippen molar-refractivity contribution in [3.63, 3.8) is 0 Å². The Kier molecular flexibility index (Phi) is 5.66. The van der Waals surface area contributed by atoms with Gasteiger partial charge >= 0.3 is 6.18 Å². The first-order chi connectivity index (χ1) is 16.0. The van der Waals surface area contributed by atoms with Crippen LogP contribution in [0.5, 0.6) is 0 Å². The predicted octanol–water partition coefficient (Wildman–Crippen LogP) is 4.10. The highest BCUT2D eigenvalue weighted by atomic mass is 32.1. The molecule has 1 aliphatic heterocycles. The van der Waals surface area contributed by atoms with Crippen LogP contribution in [0.25, 0.3) is 20.8 Å². The second-order valence-corrected chi connectivity index (χ2v) is 9.96. The molecule has 1 saturated carbocycles. The van der Waals surface area contributed by atoms with Crippen molar-refractivity contribution in [2.75, 3.05) is 17.2 Å². The number of thiazole rings is 1. The third kappa shape index (κ3) is 4.54. The summed E-state index contributed by atoms with van der Waals surface area (Å²) in [5, 5.41) is 16.7. The molecule has 5 rings (SSSR count). The molecule has 0 radical (unpaired) electrons. The summed E-state index contributed by atoms with van der Waals surface area (Å²) in [5.74, 6) is -0.684. The Morgan fingerprint density at radius 2 is 1.88 bits per heavy atom. The fraction of sp³-hybridized carbons (Fsp3) is 0.500. The van der Waals surface area contributed by atoms with E-state index in [1.807, 2.05) is 24.3 Å². The Labute approximate surface area is 197 Å². The minimum Gasteiger partial charge on any atom is -0.390 e. The van der Waals surface area contributed by atoms with E-state index in [4.69, 9.17) is 14.5 Å². The lowest BCUT2D eigenvalue weighted by Crippen LogP contribution is -2.35. The van der Waals surface area contributed by atoms with Crippen molar-refractivity contribution in [3.8, 4) is 10.6 Å². The van der Waals surface area contributed by atoms with Crippen LogP contribution in [0.1, 0.15) is 26.0 Å². The number of nitrogens with zero attached hydrogens (tertiary/aromatic N) is 3. The van der Waals surface area contributed by atoms with E-state index in [-0.39, 0.29) is 12.0 Å². The van der Waals surface area contributed by atoms with E-state index < -0.39 is 36.8 Å². The molecule has 8 nitrogen and oxygen atoms in total. The number of fused-ring (bicyclic) bond motifs is 2. The molecule has 1 aliphatic carbocycles. The van der Waals surface area contributed by atoms with Gasteiger partial charge in [-0.05, 0) is 39.3 Å². The van der Waals surface area contributed by atoms with E-state index in [1.54, 1.807) is 20.8 Å². The van der Waals surface area contributed by atoms with Crippen LogP contribution in [-0.2, 0) is 9.47 Å². The zero-order valence-electron chi connectivity index (χ0n) is 18.7. The SMILES string of the molecule is Cc1nc(NCC(F)(F)F)nc(NC2CC(O)C3OC(C)(C)OC23)c1-c1nc2ccccc2s1. The van der Waals surface area contributed by atoms with E-state index in [9.17, 15) is 18.3 Å². The summed E-state index contributed by atoms with van der Waals surface area (Å²) in [6, 6.07) is 7.26. The lowest BCUT2D eigenvalue weighted by Gasteiger charge is -2.24. The van der Waals surface area contributed by atoms with Crippen LogP contribution in [0.2, 0.25) is 0 Å². The zero-order chi connectivity index (χ0) is 24.3. The smallest absolute Gasteiger partial charge is 0.390 e. The number of aliphatic hydroxyl groups is 1. The molecule has 12 heteroatoms. The van der Waals surface area contributed by atoms with Crippen molar-refractivity contribution in [2.24, 2.45) is 0 Å². The van der Waals surface area contributed by atoms with Gasteiger partial charge in [-0.3, -0.25) is 0 Å². The van der Waals surface area contributed by atoms with Crippen LogP contribution in [0.4, 0.5) is 24.9 Å². The number of aliphatic hydroxyl groups excluding tert-OH is 1. The number of aryl methyl sites for hydroxylation is 1. The molecular weight excluding hydrogens is 471 g/mol. The lowest BCUT2D eigenvalue weighted by atomic mass is 10.1. The number of ether oxygens (including phenoxy) is 2. The molecule has 1 aromatic carbocycles. The van der Waals surface area contributed by atoms with Crippen LogP contribution >= 0.6 is 11.3 Å². The lowest BCUT2D eigenvalue weighted by molar-refractivity contribution is -0.162. The Morgan fingerprint density at radius 3 is 2.62 bits per heavy atom. The first-order valence-electron chi connectivity index (χ1n) is 10.8. The first-order valence-corrected chi connectivity index (χ1v) is 11.7. The van der Waals surface area contributed by atoms with Crippen LogP contribution in [0.3, 0.4) is 0 Å². The molecule has 3 aromatic rings. The Bertz CT molecular complexity index is 1190. The average Bonchev–Trinajstić information content (AvgIpc) is 3.38. The van der Waals surface area contributed by atoms with Crippen molar-refractivity contribution in [2.45, 2.75) is 63.5 Å². The maximum Gasteiger partial charge on any atom is 0.405 e. The highest BCUT2D eigenvalue weighted by Crippen LogP contribution is 2.42. The first kappa shape index (κ1) is 23.2. The van der Waals surface area contributed by atoms with Crippen LogP contribution < -0.4 is 10.6 Å². The van der Waals surface area contributed by atoms with Crippen molar-refractivity contribution in [1.29, 1.82) is 0 Å². The summed E-state index contributed by atoms with van der Waals surface area (Å²) in [5.41, 5.74) is 1.87. The highest BCUT2D eigenvalue weighted by Gasteiger charge is 2.54. The van der Waals surface area contributed by atoms with Crippen molar-refractivity contribution >= 4 is 33.3 Å². The van der Waals surface area contributed by atoms with Crippen LogP contribution in [-0.4, -0.2) is 62.9 Å². The third-order valence-electron chi connectivity index (χ3n) is 5.80. The highest BCUT2D eigenvalue weighted by molar-refractivity contribution is 7.21. The number of anilines is 2. The van der Waals surface area contributed by atoms with Crippen LogP contribution in [0, 0.1) is 6.92 Å². The summed E-state index contributed by atoms with van der Waals surface area (Å²) in [6.07, 6.45) is -5.79. The molecular formula is C22H24F3N5O3S. The molecule has 34 heavy (non-hydrogen) atoms. The summed E-state index contributed by atoms with van der Waals surface area (Å²) >= 11 is 1.44. The number of halogens is 3. The molecule has 2 aliphatic rings. The van der Waals surface area contributed by atoms with Gasteiger partial charge in [0.2, 0.25) is 5.95 Å². The van der Waals surface area contributed by atoms with Gasteiger partial charge in [-0.2, -0.15) is 18.2 Å². The van der Waals surface area contributed by atoms with Gasteiger partial charge in [0.1, 0.15) is 29.6 Å². The van der Waals surface area contributed by atoms with E-state index in [1.165, 1.54) is 11.3 Å². The van der Waals surface area contributed by atoms with Gasteiger partial charge in [0.05, 0.1) is 33.6 Å². The summed E-state index contributed by atoms with van der Waals surface area (Å²) in [4.78, 5) is 13.3. The van der Waals surface area contributed by atoms with Gasteiger partial charge in [0, 0.05) is 0 Å². The van der Waals surface area contributed by atoms with Gasteiger partial charge < -0.3 is 25.2 Å². The molecule has 1 saturated heterocycles. The molecule has 0 amide bonds. The number of benzene rings is 1. The van der Waals surface area contributed by atoms with Gasteiger partial charge in [-0.25, -0.2) is 9.97 Å². The second kappa shape index (κ2) is 8.29. The Hall–Kier alpha value is -2.54. The van der Waals surface area contributed by atoms with Gasteiger partial charge in [-0.1, -0.05) is 12.1 Å². The molecule has 2 aromatic heterocycles. The molecule has 4 atom stereocenters. The van der Waals surface area contributed by atoms with Crippen LogP contribution in [0.15, 0.2) is 24.3 Å². The standard InChI is InChI=1S/C22H24F3N5O3S/c1-10-15(19-29-11-6-4-5-7-14(11)34-19)18(30-20(27-10)26-9-22(23,24)25)28-12-8-13(31)17-16(12)32-21(2,3)33-17/h4-7,12-13,16-17,31H,8-9H2,1-3H3,(H2,26,27,28,30). The number of aromatic nitrogens is 3. The number of hydrogen-bond donors (Lipinski definition) is 3. The largest absolute Gasteiger partial charge is 0.405 e. The number of hydrogen-bond acceptors (Lipinski definition) is 9. The van der Waals surface area contributed by atoms with Crippen molar-refractivity contribution in [1.82, 2.24) is 15.0 Å². The number of rotatable bonds is 5. The zero-order valence-corrected chi connectivity index (χ0v) is 19.5. The molecule has 0 bridgehead atoms. The molecule has 4 unspecified atom stereocenters. The molecule has 3 heterocycles. The van der Waals surface area contributed by atoms with E-state index in [0.717, 1.165) is 10.2 Å². The monoisotopic (exact) mass is 495 g/mol. The van der Waals surface area contributed by atoms with Crippen molar-refractivity contribution in [3.05, 3.63) is 30.0 Å². The normalized spacial score (nSPS) is 26.1. The molecule has 3 N–H and O–H groups in total. The fourth-order valence-corrected chi connectivity index (χ4v) is 5.51.